The van der Waals surface area contributed by atoms with Crippen molar-refractivity contribution >= 4 is 11.8 Å². The topological polar surface area (TPSA) is 49.4 Å². The van der Waals surface area contributed by atoms with E-state index < -0.39 is 0 Å². The van der Waals surface area contributed by atoms with Gasteiger partial charge in [0, 0.05) is 24.9 Å². The molecule has 1 aromatic rings. The van der Waals surface area contributed by atoms with Crippen molar-refractivity contribution in [2.24, 2.45) is 0 Å². The molecule has 0 aromatic heterocycles. The lowest BCUT2D eigenvalue weighted by Gasteiger charge is -2.37. The highest BCUT2D eigenvalue weighted by Crippen LogP contribution is 2.18. The Morgan fingerprint density at radius 1 is 0.889 bits per heavy atom. The van der Waals surface area contributed by atoms with Gasteiger partial charge in [0.2, 0.25) is 11.8 Å². The van der Waals surface area contributed by atoms with E-state index in [2.05, 4.69) is 43.6 Å². The number of benzene rings is 1. The molecular formula is C31H54N3O2+. The Labute approximate surface area is 221 Å². The first-order valence-corrected chi connectivity index (χ1v) is 14.9. The van der Waals surface area contributed by atoms with E-state index >= 15 is 0 Å². The maximum absolute atomic E-state index is 12.4. The third-order valence-electron chi connectivity index (χ3n) is 7.57. The fourth-order valence-electron chi connectivity index (χ4n) is 5.35. The van der Waals surface area contributed by atoms with Gasteiger partial charge in [0.25, 0.3) is 0 Å². The number of rotatable bonds is 21. The molecule has 2 rings (SSSR count). The molecule has 0 saturated carbocycles. The van der Waals surface area contributed by atoms with Crippen LogP contribution in [0.3, 0.4) is 0 Å². The summed E-state index contributed by atoms with van der Waals surface area (Å²) in [6.45, 7) is 6.18. The number of quaternary nitrogens is 1. The van der Waals surface area contributed by atoms with Gasteiger partial charge in [-0.15, -0.1) is 0 Å². The molecular weight excluding hydrogens is 446 g/mol. The second-order valence-corrected chi connectivity index (χ2v) is 11.2. The van der Waals surface area contributed by atoms with E-state index in [1.807, 2.05) is 11.0 Å². The fourth-order valence-corrected chi connectivity index (χ4v) is 5.35. The number of unbranched alkanes of at least 4 members (excludes halogenated alkanes) is 12. The molecule has 1 heterocycles. The third kappa shape index (κ3) is 13.4. The highest BCUT2D eigenvalue weighted by Gasteiger charge is 2.30. The summed E-state index contributed by atoms with van der Waals surface area (Å²) in [6.07, 6.45) is 19.4. The molecule has 204 valence electrons. The lowest BCUT2D eigenvalue weighted by molar-refractivity contribution is -0.929. The van der Waals surface area contributed by atoms with E-state index in [-0.39, 0.29) is 11.8 Å². The quantitative estimate of drug-likeness (QED) is 0.149. The van der Waals surface area contributed by atoms with E-state index in [1.165, 1.54) is 76.2 Å². The molecule has 1 N–H and O–H groups in total. The molecule has 1 aromatic carbocycles. The van der Waals surface area contributed by atoms with E-state index in [4.69, 9.17) is 0 Å². The summed E-state index contributed by atoms with van der Waals surface area (Å²) in [6, 6.07) is 10.5. The summed E-state index contributed by atoms with van der Waals surface area (Å²) in [7, 11) is 2.21. The minimum Gasteiger partial charge on any atom is -0.350 e. The second kappa shape index (κ2) is 18.4. The fraction of sp³-hybridized carbons (Fsp3) is 0.742. The molecule has 1 aliphatic heterocycles. The van der Waals surface area contributed by atoms with Crippen molar-refractivity contribution < 1.29 is 14.1 Å². The van der Waals surface area contributed by atoms with Gasteiger partial charge in [-0.3, -0.25) is 14.5 Å². The summed E-state index contributed by atoms with van der Waals surface area (Å²) in [4.78, 5) is 26.6. The van der Waals surface area contributed by atoms with Crippen LogP contribution in [0.5, 0.6) is 0 Å². The monoisotopic (exact) mass is 500 g/mol. The molecule has 2 amide bonds. The van der Waals surface area contributed by atoms with Crippen LogP contribution < -0.4 is 5.32 Å². The van der Waals surface area contributed by atoms with Crippen molar-refractivity contribution in [3.05, 3.63) is 35.9 Å². The highest BCUT2D eigenvalue weighted by atomic mass is 16.2. The van der Waals surface area contributed by atoms with E-state index in [1.54, 1.807) is 0 Å². The van der Waals surface area contributed by atoms with Gasteiger partial charge in [0.05, 0.1) is 20.1 Å². The number of amides is 2. The number of nitrogens with zero attached hydrogens (tertiary/aromatic N) is 2. The molecule has 0 radical (unpaired) electrons. The van der Waals surface area contributed by atoms with Crippen molar-refractivity contribution in [1.82, 2.24) is 10.2 Å². The molecule has 0 bridgehead atoms. The number of likely N-dealkylation sites (tertiary alicyclic amines) is 1. The normalized spacial score (nSPS) is 15.3. The zero-order valence-corrected chi connectivity index (χ0v) is 23.4. The number of nitrogens with one attached hydrogen (secondary N) is 1. The Kier molecular flexibility index (Phi) is 15.5. The van der Waals surface area contributed by atoms with Gasteiger partial charge in [0.1, 0.15) is 6.54 Å². The molecule has 36 heavy (non-hydrogen) atoms. The third-order valence-corrected chi connectivity index (χ3v) is 7.57. The molecule has 1 saturated heterocycles. The number of likely N-dealkylation sites (N-methyl/N-ethyl adjacent to an activating group) is 1. The van der Waals surface area contributed by atoms with Crippen LogP contribution in [0, 0.1) is 0 Å². The minimum atomic E-state index is 0.168. The first-order valence-electron chi connectivity index (χ1n) is 14.9. The maximum atomic E-state index is 12.4. The molecule has 5 heteroatoms. The van der Waals surface area contributed by atoms with E-state index in [9.17, 15) is 9.59 Å². The molecule has 1 atom stereocenters. The van der Waals surface area contributed by atoms with Gasteiger partial charge in [-0.2, -0.15) is 0 Å². The van der Waals surface area contributed by atoms with Crippen molar-refractivity contribution in [3.63, 3.8) is 0 Å². The molecule has 1 fully saturated rings. The van der Waals surface area contributed by atoms with Crippen molar-refractivity contribution in [2.45, 2.75) is 116 Å². The summed E-state index contributed by atoms with van der Waals surface area (Å²) in [5.41, 5.74) is 1.27. The number of hydrogen-bond acceptors (Lipinski definition) is 2. The standard InChI is InChI=1S/C31H53N3O2/c1-3-4-5-6-7-8-9-10-11-12-13-14-18-22-30(35)32-24-26-34(2,27-29-20-16-15-17-21-29)28-33-25-19-23-31(33)36/h15-17,20-21H,3-14,18-19,22-28H2,1-2H3/p+1. The van der Waals surface area contributed by atoms with Crippen LogP contribution in [0.2, 0.25) is 0 Å². The van der Waals surface area contributed by atoms with Gasteiger partial charge < -0.3 is 9.80 Å². The van der Waals surface area contributed by atoms with Crippen LogP contribution in [0.15, 0.2) is 30.3 Å². The molecule has 1 unspecified atom stereocenters. The maximum Gasteiger partial charge on any atom is 0.226 e. The van der Waals surface area contributed by atoms with E-state index in [0.717, 1.165) is 43.4 Å². The first-order chi connectivity index (χ1) is 17.5. The van der Waals surface area contributed by atoms with Crippen LogP contribution in [-0.4, -0.2) is 54.5 Å². The lowest BCUT2D eigenvalue weighted by atomic mass is 10.0. The SMILES string of the molecule is CCCCCCCCCCCCCCCC(=O)NCC[N+](C)(Cc1ccccc1)CN1CCCC1=O. The Bertz CT molecular complexity index is 724. The summed E-state index contributed by atoms with van der Waals surface area (Å²) >= 11 is 0. The summed E-state index contributed by atoms with van der Waals surface area (Å²) in [5, 5.41) is 3.15. The minimum absolute atomic E-state index is 0.168. The van der Waals surface area contributed by atoms with Crippen molar-refractivity contribution in [3.8, 4) is 0 Å². The smallest absolute Gasteiger partial charge is 0.226 e. The zero-order chi connectivity index (χ0) is 25.9. The van der Waals surface area contributed by atoms with Gasteiger partial charge in [-0.25, -0.2) is 0 Å². The number of hydrogen-bond donors (Lipinski definition) is 1. The van der Waals surface area contributed by atoms with Gasteiger partial charge in [0.15, 0.2) is 6.67 Å². The highest BCUT2D eigenvalue weighted by molar-refractivity contribution is 5.77. The average Bonchev–Trinajstić information content (AvgIpc) is 3.26. The molecule has 1 aliphatic rings. The van der Waals surface area contributed by atoms with Crippen LogP contribution >= 0.6 is 0 Å². The van der Waals surface area contributed by atoms with Crippen LogP contribution in [-0.2, 0) is 16.1 Å². The predicted octanol–water partition coefficient (Wildman–Crippen LogP) is 6.81. The zero-order valence-electron chi connectivity index (χ0n) is 23.4. The van der Waals surface area contributed by atoms with Gasteiger partial charge >= 0.3 is 0 Å². The largest absolute Gasteiger partial charge is 0.350 e. The molecule has 0 spiro atoms. The van der Waals surface area contributed by atoms with Crippen molar-refractivity contribution in [1.29, 1.82) is 0 Å². The van der Waals surface area contributed by atoms with E-state index in [0.29, 0.717) is 26.1 Å². The summed E-state index contributed by atoms with van der Waals surface area (Å²) < 4.78 is 0.731. The molecule has 0 aliphatic carbocycles. The Balaban J connectivity index is 1.55. The first kappa shape index (κ1) is 30.3. The lowest BCUT2D eigenvalue weighted by Crippen LogP contribution is -2.54. The summed E-state index contributed by atoms with van der Waals surface area (Å²) in [5.74, 6) is 0.431. The van der Waals surface area contributed by atoms with Crippen LogP contribution in [0.4, 0.5) is 0 Å². The Hall–Kier alpha value is -1.88. The Morgan fingerprint density at radius 3 is 2.03 bits per heavy atom. The van der Waals surface area contributed by atoms with Crippen LogP contribution in [0.1, 0.15) is 115 Å². The number of carbonyl (C=O) groups is 2. The van der Waals surface area contributed by atoms with Crippen LogP contribution in [0.25, 0.3) is 0 Å². The van der Waals surface area contributed by atoms with Crippen molar-refractivity contribution in [2.75, 3.05) is 33.4 Å². The molecule has 5 nitrogen and oxygen atoms in total. The Morgan fingerprint density at radius 2 is 1.47 bits per heavy atom. The average molecular weight is 501 g/mol. The van der Waals surface area contributed by atoms with Gasteiger partial charge in [-0.1, -0.05) is 114 Å². The number of carbonyl (C=O) groups excluding carboxylic acids is 2. The second-order valence-electron chi connectivity index (χ2n) is 11.2. The van der Waals surface area contributed by atoms with Gasteiger partial charge in [-0.05, 0) is 12.8 Å². The predicted molar refractivity (Wildman–Crippen MR) is 150 cm³/mol.